The molecule has 1 atom stereocenters. The van der Waals surface area contributed by atoms with Gasteiger partial charge in [-0.15, -0.1) is 0 Å². The van der Waals surface area contributed by atoms with E-state index >= 15 is 0 Å². The number of hydrogen-bond acceptors (Lipinski definition) is 6. The lowest BCUT2D eigenvalue weighted by molar-refractivity contribution is -0.129. The third-order valence-electron chi connectivity index (χ3n) is 5.63. The van der Waals surface area contributed by atoms with E-state index in [1.54, 1.807) is 36.4 Å². The number of ether oxygens (including phenoxy) is 3. The number of esters is 1. The van der Waals surface area contributed by atoms with Crippen molar-refractivity contribution in [2.24, 2.45) is 0 Å². The number of hydrogen-bond donors (Lipinski definition) is 1. The summed E-state index contributed by atoms with van der Waals surface area (Å²) in [4.78, 5) is 30.4. The van der Waals surface area contributed by atoms with Gasteiger partial charge in [-0.25, -0.2) is 9.78 Å². The first-order valence-electron chi connectivity index (χ1n) is 11.0. The average Bonchev–Trinajstić information content (AvgIpc) is 3.35. The van der Waals surface area contributed by atoms with Gasteiger partial charge < -0.3 is 19.5 Å². The van der Waals surface area contributed by atoms with E-state index in [0.29, 0.717) is 38.7 Å². The number of aromatic nitrogens is 1. The number of fused-ring (bicyclic) bond motifs is 2. The fraction of sp³-hybridized carbons (Fsp3) is 0.148. The average molecular weight is 489 g/mol. The number of rotatable bonds is 6. The van der Waals surface area contributed by atoms with E-state index in [9.17, 15) is 9.59 Å². The van der Waals surface area contributed by atoms with Crippen LogP contribution in [0.5, 0.6) is 11.5 Å². The molecule has 2 heterocycles. The molecule has 3 aromatic carbocycles. The van der Waals surface area contributed by atoms with Crippen molar-refractivity contribution in [1.82, 2.24) is 10.3 Å². The van der Waals surface area contributed by atoms with Crippen molar-refractivity contribution >= 4 is 34.4 Å². The summed E-state index contributed by atoms with van der Waals surface area (Å²) in [5.41, 5.74) is 3.23. The fourth-order valence-electron chi connectivity index (χ4n) is 3.77. The number of carbonyl (C=O) groups is 2. The molecule has 35 heavy (non-hydrogen) atoms. The molecular formula is C27H21ClN2O5. The van der Waals surface area contributed by atoms with Gasteiger partial charge in [-0.2, -0.15) is 0 Å². The molecule has 1 amide bonds. The highest BCUT2D eigenvalue weighted by atomic mass is 35.5. The zero-order valence-electron chi connectivity index (χ0n) is 18.8. The van der Waals surface area contributed by atoms with E-state index in [0.717, 1.165) is 11.1 Å². The largest absolute Gasteiger partial charge is 0.454 e. The zero-order valence-corrected chi connectivity index (χ0v) is 19.5. The molecule has 5 rings (SSSR count). The molecule has 7 nitrogen and oxygen atoms in total. The minimum atomic E-state index is -0.998. The fourth-order valence-corrected chi connectivity index (χ4v) is 3.90. The van der Waals surface area contributed by atoms with Gasteiger partial charge in [0.2, 0.25) is 6.79 Å². The molecule has 1 N–H and O–H groups in total. The maximum Gasteiger partial charge on any atom is 0.339 e. The number of para-hydroxylation sites is 1. The Labute approximate surface area is 206 Å². The van der Waals surface area contributed by atoms with E-state index in [2.05, 4.69) is 10.3 Å². The van der Waals surface area contributed by atoms with E-state index in [-0.39, 0.29) is 13.3 Å². The van der Waals surface area contributed by atoms with Gasteiger partial charge in [0.1, 0.15) is 0 Å². The van der Waals surface area contributed by atoms with E-state index in [1.807, 2.05) is 36.4 Å². The Hall–Kier alpha value is -4.10. The number of amides is 1. The predicted octanol–water partition coefficient (Wildman–Crippen LogP) is 5.15. The normalized spacial score (nSPS) is 12.9. The number of halogens is 1. The van der Waals surface area contributed by atoms with Crippen LogP contribution in [0.25, 0.3) is 22.2 Å². The second kappa shape index (κ2) is 9.64. The lowest BCUT2D eigenvalue weighted by Crippen LogP contribution is -2.35. The third kappa shape index (κ3) is 4.90. The second-order valence-corrected chi connectivity index (χ2v) is 8.47. The second-order valence-electron chi connectivity index (χ2n) is 8.03. The van der Waals surface area contributed by atoms with Crippen molar-refractivity contribution in [3.63, 3.8) is 0 Å². The maximum atomic E-state index is 13.1. The van der Waals surface area contributed by atoms with Gasteiger partial charge in [-0.1, -0.05) is 48.0 Å². The summed E-state index contributed by atoms with van der Waals surface area (Å²) in [6, 6.07) is 21.6. The molecule has 4 aromatic rings. The van der Waals surface area contributed by atoms with Crippen LogP contribution in [-0.2, 0) is 16.1 Å². The topological polar surface area (TPSA) is 86.8 Å². The Kier molecular flexibility index (Phi) is 6.25. The Balaban J connectivity index is 1.32. The smallest absolute Gasteiger partial charge is 0.339 e. The van der Waals surface area contributed by atoms with Gasteiger partial charge in [-0.3, -0.25) is 4.79 Å². The molecule has 8 heteroatoms. The van der Waals surface area contributed by atoms with Crippen LogP contribution in [0.3, 0.4) is 0 Å². The van der Waals surface area contributed by atoms with Crippen LogP contribution in [0.2, 0.25) is 5.02 Å². The van der Waals surface area contributed by atoms with Crippen molar-refractivity contribution in [2.75, 3.05) is 6.79 Å². The van der Waals surface area contributed by atoms with E-state index in [1.165, 1.54) is 6.92 Å². The molecule has 0 aliphatic carbocycles. The van der Waals surface area contributed by atoms with Gasteiger partial charge in [0, 0.05) is 22.5 Å². The number of carbonyl (C=O) groups excluding carboxylic acids is 2. The van der Waals surface area contributed by atoms with Crippen molar-refractivity contribution in [3.8, 4) is 22.8 Å². The van der Waals surface area contributed by atoms with Crippen LogP contribution in [-0.4, -0.2) is 29.8 Å². The standard InChI is InChI=1S/C27H21ClN2O5/c1-16(26(31)29-14-17-6-11-24-25(12-17)34-15-33-24)35-27(32)21-13-23(18-7-9-19(28)10-8-18)30-22-5-3-2-4-20(21)22/h2-13,16H,14-15H2,1H3,(H,29,31). The molecule has 1 unspecified atom stereocenters. The predicted molar refractivity (Wildman–Crippen MR) is 131 cm³/mol. The molecule has 1 aromatic heterocycles. The third-order valence-corrected chi connectivity index (χ3v) is 5.88. The molecule has 0 saturated carbocycles. The molecule has 0 bridgehead atoms. The Bertz CT molecular complexity index is 1420. The number of benzene rings is 3. The summed E-state index contributed by atoms with van der Waals surface area (Å²) >= 11 is 6.01. The van der Waals surface area contributed by atoms with E-state index in [4.69, 9.17) is 25.8 Å². The first-order valence-corrected chi connectivity index (χ1v) is 11.4. The number of nitrogens with zero attached hydrogens (tertiary/aromatic N) is 1. The maximum absolute atomic E-state index is 13.1. The Morgan fingerprint density at radius 3 is 2.63 bits per heavy atom. The highest BCUT2D eigenvalue weighted by Crippen LogP contribution is 2.32. The summed E-state index contributed by atoms with van der Waals surface area (Å²) in [5, 5.41) is 4.04. The van der Waals surface area contributed by atoms with Crippen LogP contribution in [0.15, 0.2) is 72.8 Å². The molecule has 0 spiro atoms. The van der Waals surface area contributed by atoms with Gasteiger partial charge in [0.05, 0.1) is 16.8 Å². The van der Waals surface area contributed by atoms with Crippen molar-refractivity contribution in [1.29, 1.82) is 0 Å². The van der Waals surface area contributed by atoms with E-state index < -0.39 is 18.0 Å². The molecule has 0 saturated heterocycles. The van der Waals surface area contributed by atoms with Crippen LogP contribution in [0.4, 0.5) is 0 Å². The molecular weight excluding hydrogens is 468 g/mol. The highest BCUT2D eigenvalue weighted by Gasteiger charge is 2.22. The highest BCUT2D eigenvalue weighted by molar-refractivity contribution is 6.30. The molecule has 1 aliphatic heterocycles. The minimum absolute atomic E-state index is 0.182. The van der Waals surface area contributed by atoms with Crippen LogP contribution in [0, 0.1) is 0 Å². The van der Waals surface area contributed by atoms with Crippen molar-refractivity contribution in [3.05, 3.63) is 88.9 Å². The van der Waals surface area contributed by atoms with Crippen molar-refractivity contribution in [2.45, 2.75) is 19.6 Å². The Morgan fingerprint density at radius 1 is 1.03 bits per heavy atom. The van der Waals surface area contributed by atoms with Gasteiger partial charge in [0.25, 0.3) is 5.91 Å². The quantitative estimate of drug-likeness (QED) is 0.378. The molecule has 176 valence electrons. The first-order chi connectivity index (χ1) is 17.0. The summed E-state index contributed by atoms with van der Waals surface area (Å²) < 4.78 is 16.2. The lowest BCUT2D eigenvalue weighted by Gasteiger charge is -2.15. The van der Waals surface area contributed by atoms with Crippen LogP contribution >= 0.6 is 11.6 Å². The molecule has 0 fully saturated rings. The van der Waals surface area contributed by atoms with Crippen molar-refractivity contribution < 1.29 is 23.8 Å². The number of nitrogens with one attached hydrogen (secondary N) is 1. The lowest BCUT2D eigenvalue weighted by atomic mass is 10.0. The van der Waals surface area contributed by atoms with Gasteiger partial charge >= 0.3 is 5.97 Å². The van der Waals surface area contributed by atoms with Gasteiger partial charge in [-0.05, 0) is 48.9 Å². The monoisotopic (exact) mass is 488 g/mol. The summed E-state index contributed by atoms with van der Waals surface area (Å²) in [5.74, 6) is 0.291. The summed E-state index contributed by atoms with van der Waals surface area (Å²) in [7, 11) is 0. The summed E-state index contributed by atoms with van der Waals surface area (Å²) in [6.45, 7) is 1.98. The summed E-state index contributed by atoms with van der Waals surface area (Å²) in [6.07, 6.45) is -0.998. The number of pyridine rings is 1. The molecule has 1 aliphatic rings. The van der Waals surface area contributed by atoms with Gasteiger partial charge in [0.15, 0.2) is 17.6 Å². The Morgan fingerprint density at radius 2 is 1.80 bits per heavy atom. The molecule has 0 radical (unpaired) electrons. The van der Waals surface area contributed by atoms with Crippen LogP contribution in [0.1, 0.15) is 22.8 Å². The minimum Gasteiger partial charge on any atom is -0.454 e. The zero-order chi connectivity index (χ0) is 24.4. The first kappa shape index (κ1) is 22.7. The van der Waals surface area contributed by atoms with Crippen LogP contribution < -0.4 is 14.8 Å². The SMILES string of the molecule is CC(OC(=O)c1cc(-c2ccc(Cl)cc2)nc2ccccc12)C(=O)NCc1ccc2c(c1)OCO2.